The Morgan fingerprint density at radius 2 is 1.27 bits per heavy atom. The number of anilines is 3. The number of methoxy groups -OCH3 is 1. The summed E-state index contributed by atoms with van der Waals surface area (Å²) < 4.78 is 58.3. The second-order valence-corrected chi connectivity index (χ2v) is 10.6. The van der Waals surface area contributed by atoms with E-state index < -0.39 is 26.0 Å². The van der Waals surface area contributed by atoms with Gasteiger partial charge in [-0.1, -0.05) is 0 Å². The Morgan fingerprint density at radius 3 is 1.82 bits per heavy atom. The smallest absolute Gasteiger partial charge is 0.261 e. The molecule has 0 aliphatic heterocycles. The predicted molar refractivity (Wildman–Crippen MR) is 128 cm³/mol. The van der Waals surface area contributed by atoms with E-state index in [0.29, 0.717) is 28.4 Å². The minimum atomic E-state index is -3.81. The number of sulfonamides is 2. The van der Waals surface area contributed by atoms with E-state index in [1.807, 2.05) is 0 Å². The fourth-order valence-corrected chi connectivity index (χ4v) is 4.43. The summed E-state index contributed by atoms with van der Waals surface area (Å²) in [5, 5.41) is 2.67. The van der Waals surface area contributed by atoms with Gasteiger partial charge in [0.1, 0.15) is 5.75 Å². The van der Waals surface area contributed by atoms with Crippen molar-refractivity contribution < 1.29 is 26.4 Å². The third kappa shape index (κ3) is 6.46. The third-order valence-electron chi connectivity index (χ3n) is 4.57. The van der Waals surface area contributed by atoms with Gasteiger partial charge in [0.15, 0.2) is 0 Å². The van der Waals surface area contributed by atoms with Crippen LogP contribution in [-0.2, 0) is 20.0 Å². The lowest BCUT2D eigenvalue weighted by molar-refractivity contribution is 0.102. The first-order chi connectivity index (χ1) is 15.6. The normalized spacial score (nSPS) is 11.5. The summed E-state index contributed by atoms with van der Waals surface area (Å²) >= 11 is 0. The van der Waals surface area contributed by atoms with Crippen LogP contribution in [0.3, 0.4) is 0 Å². The molecule has 1 amide bonds. The zero-order valence-electron chi connectivity index (χ0n) is 17.9. The summed E-state index contributed by atoms with van der Waals surface area (Å²) in [7, 11) is -5.70. The summed E-state index contributed by atoms with van der Waals surface area (Å²) in [6.07, 6.45) is 0. The minimum absolute atomic E-state index is 0.0314. The summed E-state index contributed by atoms with van der Waals surface area (Å²) in [6.45, 7) is 1.52. The van der Waals surface area contributed by atoms with E-state index in [1.165, 1.54) is 62.6 Å². The van der Waals surface area contributed by atoms with Crippen molar-refractivity contribution in [2.24, 2.45) is 0 Å². The van der Waals surface area contributed by atoms with Crippen LogP contribution in [0.1, 0.15) is 17.3 Å². The van der Waals surface area contributed by atoms with Gasteiger partial charge in [0, 0.05) is 22.6 Å². The second-order valence-electron chi connectivity index (χ2n) is 6.90. The van der Waals surface area contributed by atoms with Gasteiger partial charge in [0.2, 0.25) is 10.0 Å². The topological polar surface area (TPSA) is 131 Å². The molecule has 3 N–H and O–H groups in total. The molecule has 0 atom stereocenters. The maximum atomic E-state index is 12.6. The van der Waals surface area contributed by atoms with Gasteiger partial charge in [-0.15, -0.1) is 0 Å². The highest BCUT2D eigenvalue weighted by Gasteiger charge is 2.15. The monoisotopic (exact) mass is 489 g/mol. The standard InChI is InChI=1S/C22H23N3O6S2/c1-3-32(27,28)24-18-6-4-16(5-7-18)22(26)23-17-10-14-21(15-11-17)33(29,30)25-19-8-12-20(31-2)13-9-19/h4-15,24-25H,3H2,1-2H3,(H,23,26). The van der Waals surface area contributed by atoms with Crippen molar-refractivity contribution >= 4 is 43.0 Å². The number of amides is 1. The number of rotatable bonds is 9. The first-order valence-electron chi connectivity index (χ1n) is 9.81. The van der Waals surface area contributed by atoms with E-state index >= 15 is 0 Å². The average Bonchev–Trinajstić information content (AvgIpc) is 2.80. The number of ether oxygens (including phenoxy) is 1. The van der Waals surface area contributed by atoms with E-state index in [2.05, 4.69) is 14.8 Å². The molecule has 3 aromatic carbocycles. The Bertz CT molecular complexity index is 1320. The first kappa shape index (κ1) is 24.1. The molecule has 0 heterocycles. The van der Waals surface area contributed by atoms with E-state index in [4.69, 9.17) is 4.74 Å². The Labute approximate surface area is 192 Å². The molecule has 3 rings (SSSR count). The number of carbonyl (C=O) groups excluding carboxylic acids is 1. The maximum Gasteiger partial charge on any atom is 0.261 e. The molecule has 0 bridgehead atoms. The van der Waals surface area contributed by atoms with E-state index in [1.54, 1.807) is 24.3 Å². The highest BCUT2D eigenvalue weighted by Crippen LogP contribution is 2.21. The van der Waals surface area contributed by atoms with Crippen LogP contribution in [0.5, 0.6) is 5.75 Å². The molecule has 0 saturated carbocycles. The van der Waals surface area contributed by atoms with Crippen molar-refractivity contribution in [3.05, 3.63) is 78.4 Å². The zero-order valence-corrected chi connectivity index (χ0v) is 19.5. The van der Waals surface area contributed by atoms with E-state index in [0.717, 1.165) is 0 Å². The van der Waals surface area contributed by atoms with Crippen LogP contribution in [0.25, 0.3) is 0 Å². The fraction of sp³-hybridized carbons (Fsp3) is 0.136. The van der Waals surface area contributed by atoms with Crippen LogP contribution in [-0.4, -0.2) is 35.6 Å². The Kier molecular flexibility index (Phi) is 7.24. The van der Waals surface area contributed by atoms with Crippen molar-refractivity contribution in [3.63, 3.8) is 0 Å². The Balaban J connectivity index is 1.65. The molecule has 3 aromatic rings. The molecule has 174 valence electrons. The highest BCUT2D eigenvalue weighted by atomic mass is 32.2. The molecular formula is C22H23N3O6S2. The minimum Gasteiger partial charge on any atom is -0.497 e. The Morgan fingerprint density at radius 1 is 0.758 bits per heavy atom. The second kappa shape index (κ2) is 9.92. The Hall–Kier alpha value is -3.57. The van der Waals surface area contributed by atoms with Crippen LogP contribution in [0.15, 0.2) is 77.7 Å². The summed E-state index contributed by atoms with van der Waals surface area (Å²) in [5.74, 6) is 0.123. The molecular weight excluding hydrogens is 466 g/mol. The van der Waals surface area contributed by atoms with Crippen molar-refractivity contribution in [2.75, 3.05) is 27.6 Å². The molecule has 0 fully saturated rings. The van der Waals surface area contributed by atoms with Crippen molar-refractivity contribution in [1.82, 2.24) is 0 Å². The van der Waals surface area contributed by atoms with Crippen molar-refractivity contribution in [1.29, 1.82) is 0 Å². The molecule has 33 heavy (non-hydrogen) atoms. The molecule has 0 aliphatic rings. The van der Waals surface area contributed by atoms with Crippen LogP contribution in [0.2, 0.25) is 0 Å². The highest BCUT2D eigenvalue weighted by molar-refractivity contribution is 7.93. The summed E-state index contributed by atoms with van der Waals surface area (Å²) in [4.78, 5) is 12.5. The maximum absolute atomic E-state index is 12.6. The van der Waals surface area contributed by atoms with Gasteiger partial charge in [-0.25, -0.2) is 16.8 Å². The molecule has 0 unspecified atom stereocenters. The largest absolute Gasteiger partial charge is 0.497 e. The number of carbonyl (C=O) groups is 1. The lowest BCUT2D eigenvalue weighted by Crippen LogP contribution is -2.15. The molecule has 11 heteroatoms. The molecule has 0 saturated heterocycles. The quantitative estimate of drug-likeness (QED) is 0.422. The molecule has 0 aliphatic carbocycles. The lowest BCUT2D eigenvalue weighted by atomic mass is 10.2. The number of hydrogen-bond acceptors (Lipinski definition) is 6. The zero-order chi connectivity index (χ0) is 24.1. The van der Waals surface area contributed by atoms with Crippen LogP contribution in [0, 0.1) is 0 Å². The molecule has 0 spiro atoms. The van der Waals surface area contributed by atoms with Gasteiger partial charge in [0.05, 0.1) is 17.8 Å². The van der Waals surface area contributed by atoms with Gasteiger partial charge >= 0.3 is 0 Å². The number of benzene rings is 3. The van der Waals surface area contributed by atoms with Crippen molar-refractivity contribution in [2.45, 2.75) is 11.8 Å². The van der Waals surface area contributed by atoms with Gasteiger partial charge in [0.25, 0.3) is 15.9 Å². The van der Waals surface area contributed by atoms with Gasteiger partial charge in [-0.2, -0.15) is 0 Å². The van der Waals surface area contributed by atoms with Gasteiger partial charge in [-0.05, 0) is 79.7 Å². The van der Waals surface area contributed by atoms with Crippen molar-refractivity contribution in [3.8, 4) is 5.75 Å². The predicted octanol–water partition coefficient (Wildman–Crippen LogP) is 3.51. The average molecular weight is 490 g/mol. The summed E-state index contributed by atoms with van der Waals surface area (Å²) in [5.41, 5.74) is 1.46. The van der Waals surface area contributed by atoms with Gasteiger partial charge < -0.3 is 10.1 Å². The SMILES string of the molecule is CCS(=O)(=O)Nc1ccc(C(=O)Nc2ccc(S(=O)(=O)Nc3ccc(OC)cc3)cc2)cc1. The summed E-state index contributed by atoms with van der Waals surface area (Å²) in [6, 6.07) is 18.1. The van der Waals surface area contributed by atoms with Crippen LogP contribution >= 0.6 is 0 Å². The van der Waals surface area contributed by atoms with Crippen LogP contribution in [0.4, 0.5) is 17.1 Å². The lowest BCUT2D eigenvalue weighted by Gasteiger charge is -2.10. The van der Waals surface area contributed by atoms with Gasteiger partial charge in [-0.3, -0.25) is 14.2 Å². The number of nitrogens with one attached hydrogen (secondary N) is 3. The molecule has 0 radical (unpaired) electrons. The van der Waals surface area contributed by atoms with E-state index in [-0.39, 0.29) is 10.6 Å². The molecule has 9 nitrogen and oxygen atoms in total. The van der Waals surface area contributed by atoms with Crippen LogP contribution < -0.4 is 19.5 Å². The van der Waals surface area contributed by atoms with E-state index in [9.17, 15) is 21.6 Å². The fourth-order valence-electron chi connectivity index (χ4n) is 2.74. The first-order valence-corrected chi connectivity index (χ1v) is 12.9. The molecule has 0 aromatic heterocycles. The number of hydrogen-bond donors (Lipinski definition) is 3. The third-order valence-corrected chi connectivity index (χ3v) is 7.27.